The van der Waals surface area contributed by atoms with Gasteiger partial charge in [0, 0.05) is 21.6 Å². The number of carbonyl (C=O) groups excluding carboxylic acids is 2. The molecule has 7 nitrogen and oxygen atoms in total. The highest BCUT2D eigenvalue weighted by Gasteiger charge is 2.37. The molecule has 0 fully saturated rings. The number of amides is 1. The van der Waals surface area contributed by atoms with Gasteiger partial charge in [0.05, 0.1) is 34.7 Å². The van der Waals surface area contributed by atoms with Crippen molar-refractivity contribution in [2.24, 2.45) is 4.99 Å². The number of thiazole rings is 1. The molecule has 0 aliphatic carbocycles. The van der Waals surface area contributed by atoms with Crippen LogP contribution in [0.3, 0.4) is 0 Å². The summed E-state index contributed by atoms with van der Waals surface area (Å²) in [6.45, 7) is 7.62. The zero-order valence-corrected chi connectivity index (χ0v) is 23.7. The second kappa shape index (κ2) is 9.70. The first-order valence-corrected chi connectivity index (χ1v) is 13.7. The maximum absolute atomic E-state index is 14.1. The Bertz CT molecular complexity index is 1670. The number of fused-ring (bicyclic) bond motifs is 2. The third kappa shape index (κ3) is 4.28. The van der Waals surface area contributed by atoms with Gasteiger partial charge in [0.2, 0.25) is 0 Å². The van der Waals surface area contributed by atoms with E-state index in [1.54, 1.807) is 49.9 Å². The quantitative estimate of drug-likeness (QED) is 0.418. The lowest BCUT2D eigenvalue weighted by Crippen LogP contribution is -2.41. The van der Waals surface area contributed by atoms with Gasteiger partial charge < -0.3 is 9.64 Å². The summed E-state index contributed by atoms with van der Waals surface area (Å²) in [5.74, 6) is -0.781. The van der Waals surface area contributed by atoms with E-state index in [2.05, 4.69) is 20.9 Å². The van der Waals surface area contributed by atoms with Crippen LogP contribution in [0.15, 0.2) is 68.0 Å². The van der Waals surface area contributed by atoms with Crippen molar-refractivity contribution >= 4 is 62.0 Å². The van der Waals surface area contributed by atoms with Crippen molar-refractivity contribution in [2.75, 3.05) is 11.4 Å². The fraction of sp³-hybridized carbons (Fsp3) is 0.259. The first-order valence-electron chi connectivity index (χ1n) is 11.8. The third-order valence-corrected chi connectivity index (χ3v) is 8.07. The van der Waals surface area contributed by atoms with Crippen LogP contribution in [-0.2, 0) is 14.3 Å². The predicted octanol–water partition coefficient (Wildman–Crippen LogP) is 4.34. The second-order valence-corrected chi connectivity index (χ2v) is 11.3. The number of hydrogen-bond donors (Lipinski definition) is 0. The van der Waals surface area contributed by atoms with E-state index in [1.165, 1.54) is 4.57 Å². The normalized spacial score (nSPS) is 18.2. The second-order valence-electron chi connectivity index (χ2n) is 8.99. The molecule has 37 heavy (non-hydrogen) atoms. The van der Waals surface area contributed by atoms with Crippen molar-refractivity contribution in [2.45, 2.75) is 39.8 Å². The molecule has 5 rings (SSSR count). The highest BCUT2D eigenvalue weighted by atomic mass is 79.9. The lowest BCUT2D eigenvalue weighted by atomic mass is 9.96. The molecule has 10 heteroatoms. The molecule has 0 N–H and O–H groups in total. The van der Waals surface area contributed by atoms with Gasteiger partial charge in [-0.2, -0.15) is 0 Å². The molecule has 0 bridgehead atoms. The van der Waals surface area contributed by atoms with Crippen molar-refractivity contribution in [3.05, 3.63) is 94.0 Å². The minimum absolute atomic E-state index is 0.237. The Balaban J connectivity index is 1.82. The van der Waals surface area contributed by atoms with Crippen molar-refractivity contribution in [3.8, 4) is 0 Å². The van der Waals surface area contributed by atoms with Gasteiger partial charge in [-0.25, -0.2) is 9.79 Å². The zero-order chi connectivity index (χ0) is 26.6. The first kappa shape index (κ1) is 25.6. The number of aromatic nitrogens is 1. The van der Waals surface area contributed by atoms with E-state index < -0.39 is 17.6 Å². The average molecular weight is 601 g/mol. The van der Waals surface area contributed by atoms with Gasteiger partial charge in [-0.3, -0.25) is 14.2 Å². The van der Waals surface area contributed by atoms with E-state index in [0.717, 1.165) is 21.5 Å². The third-order valence-electron chi connectivity index (χ3n) is 6.27. The monoisotopic (exact) mass is 599 g/mol. The summed E-state index contributed by atoms with van der Waals surface area (Å²) in [4.78, 5) is 47.5. The van der Waals surface area contributed by atoms with Crippen LogP contribution in [0.4, 0.5) is 5.69 Å². The molecule has 1 atom stereocenters. The van der Waals surface area contributed by atoms with Gasteiger partial charge in [-0.05, 0) is 63.6 Å². The number of hydrogen-bond acceptors (Lipinski definition) is 6. The van der Waals surface area contributed by atoms with Crippen LogP contribution >= 0.6 is 38.9 Å². The van der Waals surface area contributed by atoms with Gasteiger partial charge in [-0.1, -0.05) is 51.0 Å². The summed E-state index contributed by atoms with van der Waals surface area (Å²) >= 11 is 10.8. The fourth-order valence-electron chi connectivity index (χ4n) is 4.71. The van der Waals surface area contributed by atoms with Gasteiger partial charge in [-0.15, -0.1) is 0 Å². The van der Waals surface area contributed by atoms with Gasteiger partial charge in [0.25, 0.3) is 11.5 Å². The van der Waals surface area contributed by atoms with Crippen molar-refractivity contribution in [1.82, 2.24) is 4.57 Å². The number of benzene rings is 2. The number of anilines is 1. The van der Waals surface area contributed by atoms with Crippen LogP contribution in [0.2, 0.25) is 5.02 Å². The number of esters is 1. The molecule has 3 aromatic rings. The molecular formula is C27H23BrClN3O4S. The van der Waals surface area contributed by atoms with Crippen LogP contribution in [0.25, 0.3) is 5.57 Å². The SMILES string of the molecule is CCN1C(=O)/C(=c2/sc3n(c2=O)[C@@H](c2ccc(Cl)cc2)C(C(=O)OC(C)C)=C(C)N=3)c2cc(Br)ccc21. The number of carbonyl (C=O) groups is 2. The van der Waals surface area contributed by atoms with E-state index >= 15 is 0 Å². The number of ether oxygens (including phenoxy) is 1. The first-order chi connectivity index (χ1) is 17.6. The fourth-order valence-corrected chi connectivity index (χ4v) is 6.33. The van der Waals surface area contributed by atoms with Gasteiger partial charge in [0.15, 0.2) is 4.80 Å². The Labute approximate surface area is 230 Å². The lowest BCUT2D eigenvalue weighted by molar-refractivity contribution is -0.143. The van der Waals surface area contributed by atoms with E-state index in [4.69, 9.17) is 16.3 Å². The van der Waals surface area contributed by atoms with Crippen molar-refractivity contribution in [3.63, 3.8) is 0 Å². The van der Waals surface area contributed by atoms with Crippen LogP contribution in [0.5, 0.6) is 0 Å². The molecule has 190 valence electrons. The van der Waals surface area contributed by atoms with Crippen molar-refractivity contribution in [1.29, 1.82) is 0 Å². The molecule has 0 saturated heterocycles. The maximum Gasteiger partial charge on any atom is 0.338 e. The van der Waals surface area contributed by atoms with Gasteiger partial charge >= 0.3 is 5.97 Å². The van der Waals surface area contributed by atoms with Crippen molar-refractivity contribution < 1.29 is 14.3 Å². The lowest BCUT2D eigenvalue weighted by Gasteiger charge is -2.25. The minimum Gasteiger partial charge on any atom is -0.459 e. The molecular weight excluding hydrogens is 578 g/mol. The molecule has 3 heterocycles. The molecule has 0 spiro atoms. The molecule has 2 aliphatic heterocycles. The molecule has 1 aromatic heterocycles. The number of halogens is 2. The highest BCUT2D eigenvalue weighted by molar-refractivity contribution is 9.10. The zero-order valence-electron chi connectivity index (χ0n) is 20.5. The summed E-state index contributed by atoms with van der Waals surface area (Å²) in [5, 5.41) is 0.531. The van der Waals surface area contributed by atoms with E-state index in [9.17, 15) is 14.4 Å². The van der Waals surface area contributed by atoms with E-state index in [1.807, 2.05) is 25.1 Å². The highest BCUT2D eigenvalue weighted by Crippen LogP contribution is 2.37. The molecule has 2 aliphatic rings. The maximum atomic E-state index is 14.1. The summed E-state index contributed by atoms with van der Waals surface area (Å²) in [7, 11) is 0. The Morgan fingerprint density at radius 1 is 1.19 bits per heavy atom. The minimum atomic E-state index is -0.783. The number of likely N-dealkylation sites (N-methyl/N-ethyl adjacent to an activating group) is 1. The van der Waals surface area contributed by atoms with Gasteiger partial charge in [0.1, 0.15) is 4.53 Å². The van der Waals surface area contributed by atoms with Crippen LogP contribution < -0.4 is 19.8 Å². The van der Waals surface area contributed by atoms with Crippen LogP contribution in [0.1, 0.15) is 44.9 Å². The predicted molar refractivity (Wildman–Crippen MR) is 148 cm³/mol. The number of nitrogens with zero attached hydrogens (tertiary/aromatic N) is 3. The van der Waals surface area contributed by atoms with Crippen LogP contribution in [0, 0.1) is 0 Å². The molecule has 1 amide bonds. The van der Waals surface area contributed by atoms with E-state index in [-0.39, 0.29) is 22.1 Å². The Hall–Kier alpha value is -3.01. The van der Waals surface area contributed by atoms with E-state index in [0.29, 0.717) is 38.8 Å². The Morgan fingerprint density at radius 2 is 1.89 bits per heavy atom. The largest absolute Gasteiger partial charge is 0.459 e. The standard InChI is InChI=1S/C27H23BrClN3O4S/c1-5-31-19-11-8-16(28)12-18(19)21(24(31)33)23-25(34)32-22(15-6-9-17(29)10-7-15)20(26(35)36-13(2)3)14(4)30-27(32)37-23/h6-13,22H,5H2,1-4H3/b23-21+/t22-/m0/s1. The average Bonchev–Trinajstić information content (AvgIpc) is 3.29. The number of rotatable bonds is 4. The van der Waals surface area contributed by atoms with Crippen LogP contribution in [-0.4, -0.2) is 29.1 Å². The Morgan fingerprint density at radius 3 is 2.54 bits per heavy atom. The topological polar surface area (TPSA) is 81.0 Å². The molecule has 0 saturated carbocycles. The summed E-state index contributed by atoms with van der Waals surface area (Å²) in [6, 6.07) is 11.8. The summed E-state index contributed by atoms with van der Waals surface area (Å²) in [6.07, 6.45) is -0.350. The summed E-state index contributed by atoms with van der Waals surface area (Å²) in [5.41, 5.74) is 2.80. The molecule has 2 aromatic carbocycles. The smallest absolute Gasteiger partial charge is 0.338 e. The molecule has 0 unspecified atom stereocenters. The number of allylic oxidation sites excluding steroid dienone is 1. The molecule has 0 radical (unpaired) electrons. The summed E-state index contributed by atoms with van der Waals surface area (Å²) < 4.78 is 8.11. The Kier molecular flexibility index (Phi) is 6.72.